The van der Waals surface area contributed by atoms with Gasteiger partial charge in [0.2, 0.25) is 0 Å². The maximum absolute atomic E-state index is 9.49. The second-order valence-corrected chi connectivity index (χ2v) is 4.85. The Morgan fingerprint density at radius 1 is 1.17 bits per heavy atom. The minimum absolute atomic E-state index is 0.446. The fraction of sp³-hybridized carbons (Fsp3) is 0.250. The van der Waals surface area contributed by atoms with E-state index in [1.165, 1.54) is 0 Å². The highest BCUT2D eigenvalue weighted by atomic mass is 79.9. The molecule has 12 heavy (non-hydrogen) atoms. The molecule has 0 saturated heterocycles. The van der Waals surface area contributed by atoms with Gasteiger partial charge in [-0.15, -0.1) is 0 Å². The molecule has 0 spiro atoms. The Hall–Kier alpha value is 0.620. The minimum atomic E-state index is -0.446. The summed E-state index contributed by atoms with van der Waals surface area (Å²) in [6, 6.07) is 5.73. The summed E-state index contributed by atoms with van der Waals surface area (Å²) in [5.74, 6) is 0. The van der Waals surface area contributed by atoms with Crippen LogP contribution in [-0.2, 0) is 0 Å². The molecule has 1 atom stereocenters. The molecule has 0 fully saturated rings. The molecule has 1 rings (SSSR count). The summed E-state index contributed by atoms with van der Waals surface area (Å²) in [5, 5.41) is 10.0. The number of aliphatic hydroxyl groups excluding tert-OH is 1. The van der Waals surface area contributed by atoms with Crippen LogP contribution in [0.3, 0.4) is 0 Å². The predicted octanol–water partition coefficient (Wildman–Crippen LogP) is 3.64. The summed E-state index contributed by atoms with van der Waals surface area (Å²) in [6.45, 7) is 0. The third kappa shape index (κ3) is 2.83. The highest BCUT2D eigenvalue weighted by molar-refractivity contribution is 9.11. The Morgan fingerprint density at radius 2 is 1.67 bits per heavy atom. The minimum Gasteiger partial charge on any atom is -0.388 e. The average molecular weight is 359 g/mol. The summed E-state index contributed by atoms with van der Waals surface area (Å²) >= 11 is 9.93. The van der Waals surface area contributed by atoms with E-state index in [-0.39, 0.29) is 0 Å². The molecular weight excluding hydrogens is 352 g/mol. The number of halogens is 3. The van der Waals surface area contributed by atoms with Crippen molar-refractivity contribution in [2.24, 2.45) is 0 Å². The van der Waals surface area contributed by atoms with Crippen molar-refractivity contribution in [3.63, 3.8) is 0 Å². The molecule has 1 N–H and O–H groups in total. The summed E-state index contributed by atoms with van der Waals surface area (Å²) in [7, 11) is 0. The maximum atomic E-state index is 9.49. The zero-order valence-electron chi connectivity index (χ0n) is 6.10. The molecule has 0 amide bonds. The molecule has 0 heterocycles. The van der Waals surface area contributed by atoms with Crippen LogP contribution in [0.2, 0.25) is 0 Å². The summed E-state index contributed by atoms with van der Waals surface area (Å²) in [5.41, 5.74) is 0.896. The van der Waals surface area contributed by atoms with Gasteiger partial charge in [-0.3, -0.25) is 0 Å². The SMILES string of the molecule is OC(CBr)c1cc(Br)cc(Br)c1. The monoisotopic (exact) mass is 356 g/mol. The summed E-state index contributed by atoms with van der Waals surface area (Å²) < 4.78 is 1.93. The molecule has 1 nitrogen and oxygen atoms in total. The fourth-order valence-corrected chi connectivity index (χ4v) is 2.56. The summed E-state index contributed by atoms with van der Waals surface area (Å²) in [4.78, 5) is 0. The second-order valence-electron chi connectivity index (χ2n) is 2.37. The number of aliphatic hydroxyl groups is 1. The number of hydrogen-bond donors (Lipinski definition) is 1. The summed E-state index contributed by atoms with van der Waals surface area (Å²) in [6.07, 6.45) is -0.446. The molecule has 0 aromatic heterocycles. The van der Waals surface area contributed by atoms with Gasteiger partial charge in [0.15, 0.2) is 0 Å². The van der Waals surface area contributed by atoms with Gasteiger partial charge in [0.05, 0.1) is 6.10 Å². The fourth-order valence-electron chi connectivity index (χ4n) is 0.857. The molecule has 0 aliphatic heterocycles. The van der Waals surface area contributed by atoms with Gasteiger partial charge in [-0.1, -0.05) is 47.8 Å². The first-order valence-corrected chi connectivity index (χ1v) is 6.04. The lowest BCUT2D eigenvalue weighted by Crippen LogP contribution is -1.97. The first-order valence-electron chi connectivity index (χ1n) is 3.33. The van der Waals surface area contributed by atoms with E-state index in [0.717, 1.165) is 14.5 Å². The van der Waals surface area contributed by atoms with Crippen molar-refractivity contribution >= 4 is 47.8 Å². The Bertz CT molecular complexity index is 255. The number of rotatable bonds is 2. The second kappa shape index (κ2) is 4.74. The van der Waals surface area contributed by atoms with Gasteiger partial charge in [0.25, 0.3) is 0 Å². The van der Waals surface area contributed by atoms with Crippen molar-refractivity contribution in [1.82, 2.24) is 0 Å². The number of alkyl halides is 1. The third-order valence-electron chi connectivity index (χ3n) is 1.42. The zero-order chi connectivity index (χ0) is 9.14. The quantitative estimate of drug-likeness (QED) is 0.800. The Labute approximate surface area is 96.6 Å². The molecular formula is C8H7Br3O. The van der Waals surface area contributed by atoms with Crippen LogP contribution >= 0.6 is 47.8 Å². The van der Waals surface area contributed by atoms with Gasteiger partial charge >= 0.3 is 0 Å². The van der Waals surface area contributed by atoms with E-state index in [9.17, 15) is 5.11 Å². The predicted molar refractivity (Wildman–Crippen MR) is 60.6 cm³/mol. The zero-order valence-corrected chi connectivity index (χ0v) is 10.9. The van der Waals surface area contributed by atoms with Crippen LogP contribution in [0.15, 0.2) is 27.1 Å². The van der Waals surface area contributed by atoms with Crippen molar-refractivity contribution in [2.75, 3.05) is 5.33 Å². The molecule has 0 radical (unpaired) electrons. The van der Waals surface area contributed by atoms with Crippen LogP contribution in [0.5, 0.6) is 0 Å². The normalized spacial score (nSPS) is 13.0. The molecule has 1 unspecified atom stereocenters. The van der Waals surface area contributed by atoms with Gasteiger partial charge in [-0.05, 0) is 23.8 Å². The van der Waals surface area contributed by atoms with E-state index in [0.29, 0.717) is 5.33 Å². The molecule has 0 saturated carbocycles. The molecule has 1 aromatic rings. The highest BCUT2D eigenvalue weighted by Crippen LogP contribution is 2.24. The number of benzene rings is 1. The molecule has 0 aliphatic carbocycles. The average Bonchev–Trinajstić information content (AvgIpc) is 2.01. The largest absolute Gasteiger partial charge is 0.388 e. The molecule has 0 bridgehead atoms. The van der Waals surface area contributed by atoms with Gasteiger partial charge in [-0.25, -0.2) is 0 Å². The van der Waals surface area contributed by atoms with Crippen LogP contribution in [0, 0.1) is 0 Å². The van der Waals surface area contributed by atoms with Crippen LogP contribution in [-0.4, -0.2) is 10.4 Å². The van der Waals surface area contributed by atoms with Crippen molar-refractivity contribution in [3.05, 3.63) is 32.7 Å². The van der Waals surface area contributed by atoms with Gasteiger partial charge in [-0.2, -0.15) is 0 Å². The van der Waals surface area contributed by atoms with E-state index in [2.05, 4.69) is 47.8 Å². The number of hydrogen-bond acceptors (Lipinski definition) is 1. The topological polar surface area (TPSA) is 20.2 Å². The maximum Gasteiger partial charge on any atom is 0.0887 e. The molecule has 0 aliphatic rings. The lowest BCUT2D eigenvalue weighted by atomic mass is 10.1. The van der Waals surface area contributed by atoms with E-state index in [1.807, 2.05) is 18.2 Å². The van der Waals surface area contributed by atoms with Crippen molar-refractivity contribution in [2.45, 2.75) is 6.10 Å². The first kappa shape index (κ1) is 10.7. The first-order chi connectivity index (χ1) is 5.63. The lowest BCUT2D eigenvalue weighted by molar-refractivity contribution is 0.205. The Morgan fingerprint density at radius 3 is 2.08 bits per heavy atom. The van der Waals surface area contributed by atoms with Crippen LogP contribution in [0.25, 0.3) is 0 Å². The molecule has 4 heteroatoms. The van der Waals surface area contributed by atoms with E-state index >= 15 is 0 Å². The standard InChI is InChI=1S/C8H7Br3O/c9-4-8(12)5-1-6(10)3-7(11)2-5/h1-3,8,12H,4H2. The van der Waals surface area contributed by atoms with Gasteiger partial charge in [0.1, 0.15) is 0 Å². The van der Waals surface area contributed by atoms with Crippen LogP contribution in [0.4, 0.5) is 0 Å². The molecule has 66 valence electrons. The van der Waals surface area contributed by atoms with Crippen molar-refractivity contribution in [1.29, 1.82) is 0 Å². The Kier molecular flexibility index (Phi) is 4.23. The van der Waals surface area contributed by atoms with Crippen LogP contribution < -0.4 is 0 Å². The van der Waals surface area contributed by atoms with E-state index < -0.39 is 6.10 Å². The Balaban J connectivity index is 3.00. The van der Waals surface area contributed by atoms with Crippen LogP contribution in [0.1, 0.15) is 11.7 Å². The molecule has 1 aromatic carbocycles. The third-order valence-corrected chi connectivity index (χ3v) is 2.94. The van der Waals surface area contributed by atoms with Gasteiger partial charge < -0.3 is 5.11 Å². The van der Waals surface area contributed by atoms with E-state index in [1.54, 1.807) is 0 Å². The van der Waals surface area contributed by atoms with Gasteiger partial charge in [0, 0.05) is 14.3 Å². The van der Waals surface area contributed by atoms with Crippen molar-refractivity contribution in [3.8, 4) is 0 Å². The van der Waals surface area contributed by atoms with E-state index in [4.69, 9.17) is 0 Å². The smallest absolute Gasteiger partial charge is 0.0887 e. The van der Waals surface area contributed by atoms with Crippen molar-refractivity contribution < 1.29 is 5.11 Å². The lowest BCUT2D eigenvalue weighted by Gasteiger charge is -2.07. The highest BCUT2D eigenvalue weighted by Gasteiger charge is 2.06.